The molecule has 2 aromatic heterocycles. The molecule has 0 atom stereocenters. The lowest BCUT2D eigenvalue weighted by atomic mass is 10.0. The Labute approximate surface area is 191 Å². The van der Waals surface area contributed by atoms with Crippen LogP contribution in [0, 0.1) is 0 Å². The Morgan fingerprint density at radius 2 is 1.12 bits per heavy atom. The van der Waals surface area contributed by atoms with Crippen molar-refractivity contribution in [1.82, 2.24) is 9.13 Å². The van der Waals surface area contributed by atoms with E-state index in [4.69, 9.17) is 0 Å². The van der Waals surface area contributed by atoms with E-state index in [2.05, 4.69) is 131 Å². The highest BCUT2D eigenvalue weighted by molar-refractivity contribution is 6.23. The van der Waals surface area contributed by atoms with E-state index in [9.17, 15) is 0 Å². The SMILES string of the molecule is Cn1c2ccccc2c2ccc3c4cc(-c5ccccc5)ccc4n(-c4ccccc4)c3c21. The Kier molecular flexibility index (Phi) is 3.80. The van der Waals surface area contributed by atoms with Crippen molar-refractivity contribution < 1.29 is 0 Å². The summed E-state index contributed by atoms with van der Waals surface area (Å²) in [5.74, 6) is 0. The fraction of sp³-hybridized carbons (Fsp3) is 0.0323. The van der Waals surface area contributed by atoms with Gasteiger partial charge in [-0.05, 0) is 41.5 Å². The monoisotopic (exact) mass is 422 g/mol. The van der Waals surface area contributed by atoms with Gasteiger partial charge in [0.1, 0.15) is 0 Å². The van der Waals surface area contributed by atoms with Crippen molar-refractivity contribution in [2.24, 2.45) is 7.05 Å². The van der Waals surface area contributed by atoms with Crippen LogP contribution in [0.2, 0.25) is 0 Å². The minimum absolute atomic E-state index is 1.18. The zero-order chi connectivity index (χ0) is 21.9. The average Bonchev–Trinajstić information content (AvgIpc) is 3.37. The zero-order valence-corrected chi connectivity index (χ0v) is 18.4. The molecule has 2 heterocycles. The van der Waals surface area contributed by atoms with Crippen molar-refractivity contribution >= 4 is 43.6 Å². The van der Waals surface area contributed by atoms with E-state index in [0.717, 1.165) is 0 Å². The van der Waals surface area contributed by atoms with E-state index in [1.54, 1.807) is 0 Å². The highest BCUT2D eigenvalue weighted by Crippen LogP contribution is 2.40. The van der Waals surface area contributed by atoms with Crippen LogP contribution in [0.5, 0.6) is 0 Å². The first-order valence-electron chi connectivity index (χ1n) is 11.4. The molecule has 2 heteroatoms. The van der Waals surface area contributed by atoms with Gasteiger partial charge in [-0.15, -0.1) is 0 Å². The van der Waals surface area contributed by atoms with Gasteiger partial charge in [0.2, 0.25) is 0 Å². The van der Waals surface area contributed by atoms with Crippen LogP contribution in [-0.2, 0) is 7.05 Å². The summed E-state index contributed by atoms with van der Waals surface area (Å²) in [7, 11) is 2.19. The summed E-state index contributed by atoms with van der Waals surface area (Å²) in [4.78, 5) is 0. The second-order valence-electron chi connectivity index (χ2n) is 8.70. The molecule has 0 aliphatic carbocycles. The van der Waals surface area contributed by atoms with Gasteiger partial charge in [0.25, 0.3) is 0 Å². The summed E-state index contributed by atoms with van der Waals surface area (Å²) in [5.41, 5.74) is 8.69. The van der Waals surface area contributed by atoms with Gasteiger partial charge in [0.15, 0.2) is 0 Å². The summed E-state index contributed by atoms with van der Waals surface area (Å²) < 4.78 is 4.78. The summed E-state index contributed by atoms with van der Waals surface area (Å²) in [6.07, 6.45) is 0. The maximum Gasteiger partial charge on any atom is 0.0785 e. The highest BCUT2D eigenvalue weighted by Gasteiger charge is 2.19. The summed E-state index contributed by atoms with van der Waals surface area (Å²) >= 11 is 0. The Morgan fingerprint density at radius 3 is 1.91 bits per heavy atom. The Hall–Kier alpha value is -4.30. The molecule has 156 valence electrons. The maximum atomic E-state index is 2.43. The molecular formula is C31H22N2. The summed E-state index contributed by atoms with van der Waals surface area (Å²) in [6.45, 7) is 0. The predicted molar refractivity (Wildman–Crippen MR) is 140 cm³/mol. The van der Waals surface area contributed by atoms with Gasteiger partial charge in [0.05, 0.1) is 16.6 Å². The van der Waals surface area contributed by atoms with Gasteiger partial charge >= 0.3 is 0 Å². The first-order valence-corrected chi connectivity index (χ1v) is 11.4. The lowest BCUT2D eigenvalue weighted by molar-refractivity contribution is 1.01. The van der Waals surface area contributed by atoms with Crippen LogP contribution in [0.1, 0.15) is 0 Å². The van der Waals surface area contributed by atoms with Crippen LogP contribution < -0.4 is 0 Å². The van der Waals surface area contributed by atoms with Crippen molar-refractivity contribution in [3.05, 3.63) is 115 Å². The molecule has 0 saturated heterocycles. The molecule has 0 bridgehead atoms. The van der Waals surface area contributed by atoms with E-state index >= 15 is 0 Å². The first-order chi connectivity index (χ1) is 16.3. The average molecular weight is 423 g/mol. The second kappa shape index (κ2) is 6.85. The fourth-order valence-electron chi connectivity index (χ4n) is 5.42. The normalized spacial score (nSPS) is 11.8. The second-order valence-corrected chi connectivity index (χ2v) is 8.70. The van der Waals surface area contributed by atoms with Crippen LogP contribution in [0.25, 0.3) is 60.4 Å². The molecule has 0 amide bonds. The summed E-state index contributed by atoms with van der Waals surface area (Å²) in [5, 5.41) is 5.16. The molecular weight excluding hydrogens is 400 g/mol. The van der Waals surface area contributed by atoms with Crippen LogP contribution >= 0.6 is 0 Å². The first kappa shape index (κ1) is 18.3. The van der Waals surface area contributed by atoms with E-state index in [1.807, 2.05) is 0 Å². The van der Waals surface area contributed by atoms with Crippen molar-refractivity contribution in [3.63, 3.8) is 0 Å². The predicted octanol–water partition coefficient (Wildman–Crippen LogP) is 8.10. The molecule has 2 nitrogen and oxygen atoms in total. The van der Waals surface area contributed by atoms with Gasteiger partial charge in [-0.3, -0.25) is 0 Å². The van der Waals surface area contributed by atoms with Crippen LogP contribution in [-0.4, -0.2) is 9.13 Å². The topological polar surface area (TPSA) is 9.86 Å². The molecule has 0 aliphatic heterocycles. The molecule has 0 saturated carbocycles. The third-order valence-corrected chi connectivity index (χ3v) is 6.91. The fourth-order valence-corrected chi connectivity index (χ4v) is 5.42. The number of hydrogen-bond donors (Lipinski definition) is 0. The molecule has 0 radical (unpaired) electrons. The third-order valence-electron chi connectivity index (χ3n) is 6.91. The third kappa shape index (κ3) is 2.55. The molecule has 0 spiro atoms. The van der Waals surface area contributed by atoms with Crippen LogP contribution in [0.4, 0.5) is 0 Å². The van der Waals surface area contributed by atoms with Crippen molar-refractivity contribution in [2.75, 3.05) is 0 Å². The standard InChI is InChI=1S/C31H22N2/c1-32-28-15-9-8-14-24(28)25-17-18-26-27-20-22(21-10-4-2-5-11-21)16-19-29(27)33(31(26)30(25)32)23-12-6-3-7-13-23/h2-20H,1H3. The van der Waals surface area contributed by atoms with Crippen molar-refractivity contribution in [3.8, 4) is 16.8 Å². The van der Waals surface area contributed by atoms with Crippen molar-refractivity contribution in [1.29, 1.82) is 0 Å². The number of benzene rings is 5. The Balaban J connectivity index is 1.69. The molecule has 0 unspecified atom stereocenters. The minimum atomic E-state index is 1.18. The molecule has 7 rings (SSSR count). The van der Waals surface area contributed by atoms with Crippen LogP contribution in [0.3, 0.4) is 0 Å². The number of rotatable bonds is 2. The van der Waals surface area contributed by atoms with Gasteiger partial charge in [-0.2, -0.15) is 0 Å². The molecule has 0 aliphatic rings. The van der Waals surface area contributed by atoms with Crippen molar-refractivity contribution in [2.45, 2.75) is 0 Å². The number of nitrogens with zero attached hydrogens (tertiary/aromatic N) is 2. The number of aromatic nitrogens is 2. The lowest BCUT2D eigenvalue weighted by Gasteiger charge is -2.10. The Morgan fingerprint density at radius 1 is 0.455 bits per heavy atom. The molecule has 0 fully saturated rings. The summed E-state index contributed by atoms with van der Waals surface area (Å²) in [6, 6.07) is 41.5. The number of aryl methyl sites for hydroxylation is 1. The lowest BCUT2D eigenvalue weighted by Crippen LogP contribution is -1.96. The Bertz CT molecular complexity index is 1800. The van der Waals surface area contributed by atoms with E-state index < -0.39 is 0 Å². The molecule has 7 aromatic rings. The molecule has 5 aromatic carbocycles. The maximum absolute atomic E-state index is 2.43. The highest BCUT2D eigenvalue weighted by atomic mass is 15.0. The largest absolute Gasteiger partial charge is 0.342 e. The van der Waals surface area contributed by atoms with E-state index in [-0.39, 0.29) is 0 Å². The van der Waals surface area contributed by atoms with Gasteiger partial charge in [0, 0.05) is 39.8 Å². The number of hydrogen-bond acceptors (Lipinski definition) is 0. The number of fused-ring (bicyclic) bond motifs is 7. The number of para-hydroxylation sites is 2. The van der Waals surface area contributed by atoms with Gasteiger partial charge in [-0.1, -0.05) is 84.9 Å². The molecule has 0 N–H and O–H groups in total. The minimum Gasteiger partial charge on any atom is -0.342 e. The quantitative estimate of drug-likeness (QED) is 0.266. The van der Waals surface area contributed by atoms with Gasteiger partial charge < -0.3 is 9.13 Å². The van der Waals surface area contributed by atoms with Crippen LogP contribution in [0.15, 0.2) is 115 Å². The zero-order valence-electron chi connectivity index (χ0n) is 18.4. The van der Waals surface area contributed by atoms with E-state index in [0.29, 0.717) is 0 Å². The molecule has 33 heavy (non-hydrogen) atoms. The van der Waals surface area contributed by atoms with E-state index in [1.165, 1.54) is 60.4 Å². The smallest absolute Gasteiger partial charge is 0.0785 e. The van der Waals surface area contributed by atoms with Gasteiger partial charge in [-0.25, -0.2) is 0 Å².